The van der Waals surface area contributed by atoms with Crippen molar-refractivity contribution in [1.82, 2.24) is 4.90 Å². The molecule has 2 saturated heterocycles. The first-order valence-corrected chi connectivity index (χ1v) is 11.8. The van der Waals surface area contributed by atoms with Gasteiger partial charge in [-0.2, -0.15) is 0 Å². The molecule has 2 fully saturated rings. The maximum Gasteiger partial charge on any atom is 0.336 e. The number of carbonyl (C=O) groups excluding carboxylic acids is 2. The molecule has 2 aliphatic rings. The molecule has 1 atom stereocenters. The predicted octanol–water partition coefficient (Wildman–Crippen LogP) is 4.69. The van der Waals surface area contributed by atoms with Crippen molar-refractivity contribution < 1.29 is 23.8 Å². The van der Waals surface area contributed by atoms with Crippen molar-refractivity contribution in [2.45, 2.75) is 18.9 Å². The highest BCUT2D eigenvalue weighted by Crippen LogP contribution is 2.33. The average molecular weight is 482 g/mol. The number of ether oxygens (including phenoxy) is 3. The first-order valence-electron chi connectivity index (χ1n) is 10.5. The van der Waals surface area contributed by atoms with Gasteiger partial charge in [0.25, 0.3) is 5.91 Å². The number of hydrogen-bond donors (Lipinski definition) is 0. The molecule has 6 nitrogen and oxygen atoms in total. The number of nitrogens with zero attached hydrogens (tertiary/aromatic N) is 1. The Labute approximate surface area is 202 Å². The lowest BCUT2D eigenvalue weighted by Crippen LogP contribution is -2.35. The van der Waals surface area contributed by atoms with E-state index in [9.17, 15) is 9.59 Å². The Hall–Kier alpha value is -2.94. The van der Waals surface area contributed by atoms with E-state index in [-0.39, 0.29) is 12.0 Å². The van der Waals surface area contributed by atoms with Crippen LogP contribution in [0.1, 0.15) is 24.0 Å². The van der Waals surface area contributed by atoms with Crippen molar-refractivity contribution in [3.63, 3.8) is 0 Å². The maximum atomic E-state index is 12.8. The maximum absolute atomic E-state index is 12.8. The minimum absolute atomic E-state index is 0.0552. The second-order valence-electron chi connectivity index (χ2n) is 7.52. The van der Waals surface area contributed by atoms with Crippen LogP contribution in [0.3, 0.4) is 0 Å². The highest BCUT2D eigenvalue weighted by Gasteiger charge is 2.34. The van der Waals surface area contributed by atoms with Crippen molar-refractivity contribution >= 4 is 52.3 Å². The van der Waals surface area contributed by atoms with Crippen LogP contribution in [0.5, 0.6) is 11.5 Å². The summed E-state index contributed by atoms with van der Waals surface area (Å²) in [5, 5.41) is 0. The molecule has 0 bridgehead atoms. The van der Waals surface area contributed by atoms with Crippen LogP contribution in [0.25, 0.3) is 12.2 Å². The van der Waals surface area contributed by atoms with Gasteiger partial charge in [-0.05, 0) is 60.4 Å². The molecule has 170 valence electrons. The van der Waals surface area contributed by atoms with E-state index in [0.717, 1.165) is 36.3 Å². The first kappa shape index (κ1) is 23.2. The first-order chi connectivity index (χ1) is 16.0. The van der Waals surface area contributed by atoms with Crippen LogP contribution < -0.4 is 9.47 Å². The van der Waals surface area contributed by atoms with Crippen LogP contribution in [0.15, 0.2) is 59.5 Å². The highest BCUT2D eigenvalue weighted by molar-refractivity contribution is 8.26. The summed E-state index contributed by atoms with van der Waals surface area (Å²) in [6.07, 6.45) is 6.86. The van der Waals surface area contributed by atoms with Gasteiger partial charge in [-0.15, -0.1) is 0 Å². The summed E-state index contributed by atoms with van der Waals surface area (Å²) in [7, 11) is 1.60. The van der Waals surface area contributed by atoms with Gasteiger partial charge < -0.3 is 14.2 Å². The third-order valence-corrected chi connectivity index (χ3v) is 6.59. The topological polar surface area (TPSA) is 65.1 Å². The summed E-state index contributed by atoms with van der Waals surface area (Å²) < 4.78 is 16.6. The second kappa shape index (κ2) is 10.8. The molecular formula is C25H23NO5S2. The number of rotatable bonds is 7. The number of methoxy groups -OCH3 is 1. The fourth-order valence-electron chi connectivity index (χ4n) is 3.46. The summed E-state index contributed by atoms with van der Waals surface area (Å²) in [4.78, 5) is 27.1. The van der Waals surface area contributed by atoms with Crippen LogP contribution in [0, 0.1) is 0 Å². The van der Waals surface area contributed by atoms with E-state index in [1.165, 1.54) is 17.8 Å². The smallest absolute Gasteiger partial charge is 0.336 e. The summed E-state index contributed by atoms with van der Waals surface area (Å²) >= 11 is 6.68. The predicted molar refractivity (Wildman–Crippen MR) is 133 cm³/mol. The molecule has 2 heterocycles. The molecule has 0 spiro atoms. The molecule has 0 aliphatic carbocycles. The number of carbonyl (C=O) groups is 2. The van der Waals surface area contributed by atoms with E-state index in [1.807, 2.05) is 24.3 Å². The molecular weight excluding hydrogens is 458 g/mol. The van der Waals surface area contributed by atoms with Gasteiger partial charge >= 0.3 is 5.97 Å². The standard InChI is InChI=1S/C25H23NO5S2/c1-29-19-9-4-17(5-10-19)8-13-23(27)31-20-11-6-18(7-12-20)15-22-24(28)26(25(32)33-22)16-21-3-2-14-30-21/h4-13,15,21H,2-3,14,16H2,1H3/b13-8+,22-15+. The molecule has 0 aromatic heterocycles. The van der Waals surface area contributed by atoms with Crippen LogP contribution >= 0.6 is 24.0 Å². The molecule has 0 N–H and O–H groups in total. The second-order valence-corrected chi connectivity index (χ2v) is 9.20. The highest BCUT2D eigenvalue weighted by atomic mass is 32.2. The summed E-state index contributed by atoms with van der Waals surface area (Å²) in [6, 6.07) is 14.3. The van der Waals surface area contributed by atoms with E-state index >= 15 is 0 Å². The summed E-state index contributed by atoms with van der Waals surface area (Å²) in [5.41, 5.74) is 1.68. The van der Waals surface area contributed by atoms with Crippen molar-refractivity contribution in [3.8, 4) is 11.5 Å². The minimum Gasteiger partial charge on any atom is -0.497 e. The van der Waals surface area contributed by atoms with Gasteiger partial charge in [-0.3, -0.25) is 9.69 Å². The molecule has 2 aliphatic heterocycles. The Morgan fingerprint density at radius 2 is 1.85 bits per heavy atom. The van der Waals surface area contributed by atoms with Gasteiger partial charge in [0, 0.05) is 12.7 Å². The van der Waals surface area contributed by atoms with Gasteiger partial charge in [0.05, 0.1) is 24.7 Å². The number of amides is 1. The van der Waals surface area contributed by atoms with Gasteiger partial charge in [-0.1, -0.05) is 48.2 Å². The number of benzene rings is 2. The van der Waals surface area contributed by atoms with E-state index in [0.29, 0.717) is 21.5 Å². The van der Waals surface area contributed by atoms with Gasteiger partial charge in [0.15, 0.2) is 0 Å². The van der Waals surface area contributed by atoms with E-state index in [1.54, 1.807) is 48.4 Å². The Balaban J connectivity index is 1.34. The molecule has 1 amide bonds. The molecule has 8 heteroatoms. The van der Waals surface area contributed by atoms with Gasteiger partial charge in [0.1, 0.15) is 15.8 Å². The van der Waals surface area contributed by atoms with Crippen molar-refractivity contribution in [1.29, 1.82) is 0 Å². The molecule has 0 radical (unpaired) electrons. The molecule has 2 aromatic rings. The normalized spacial score (nSPS) is 19.6. The Kier molecular flexibility index (Phi) is 7.59. The van der Waals surface area contributed by atoms with Crippen molar-refractivity contribution in [2.75, 3.05) is 20.3 Å². The van der Waals surface area contributed by atoms with Gasteiger partial charge in [0.2, 0.25) is 0 Å². The molecule has 4 rings (SSSR count). The lowest BCUT2D eigenvalue weighted by Gasteiger charge is -2.18. The number of esters is 1. The third-order valence-electron chi connectivity index (χ3n) is 5.21. The zero-order valence-electron chi connectivity index (χ0n) is 18.1. The zero-order valence-corrected chi connectivity index (χ0v) is 19.7. The Morgan fingerprint density at radius 3 is 2.52 bits per heavy atom. The lowest BCUT2D eigenvalue weighted by atomic mass is 10.2. The monoisotopic (exact) mass is 481 g/mol. The largest absolute Gasteiger partial charge is 0.497 e. The summed E-state index contributed by atoms with van der Waals surface area (Å²) in [6.45, 7) is 1.24. The molecule has 1 unspecified atom stereocenters. The van der Waals surface area contributed by atoms with Crippen LogP contribution in [-0.4, -0.2) is 47.5 Å². The summed E-state index contributed by atoms with van der Waals surface area (Å²) in [5.74, 6) is 0.593. The molecule has 0 saturated carbocycles. The number of hydrogen-bond acceptors (Lipinski definition) is 7. The lowest BCUT2D eigenvalue weighted by molar-refractivity contribution is -0.129. The molecule has 2 aromatic carbocycles. The quantitative estimate of drug-likeness (QED) is 0.246. The molecule has 33 heavy (non-hydrogen) atoms. The fraction of sp³-hybridized carbons (Fsp3) is 0.240. The fourth-order valence-corrected chi connectivity index (χ4v) is 4.74. The van der Waals surface area contributed by atoms with Gasteiger partial charge in [-0.25, -0.2) is 4.79 Å². The Morgan fingerprint density at radius 1 is 1.15 bits per heavy atom. The van der Waals surface area contributed by atoms with Crippen molar-refractivity contribution in [3.05, 3.63) is 70.6 Å². The van der Waals surface area contributed by atoms with Crippen LogP contribution in [-0.2, 0) is 14.3 Å². The average Bonchev–Trinajstić information content (AvgIpc) is 3.43. The van der Waals surface area contributed by atoms with E-state index < -0.39 is 5.97 Å². The number of thioether (sulfide) groups is 1. The Bertz CT molecular complexity index is 1090. The van der Waals surface area contributed by atoms with Crippen LogP contribution in [0.4, 0.5) is 0 Å². The number of thiocarbonyl (C=S) groups is 1. The van der Waals surface area contributed by atoms with E-state index in [2.05, 4.69) is 0 Å². The zero-order chi connectivity index (χ0) is 23.2. The SMILES string of the molecule is COc1ccc(/C=C/C(=O)Oc2ccc(/C=C3/SC(=S)N(CC4CCCO4)C3=O)cc2)cc1. The van der Waals surface area contributed by atoms with E-state index in [4.69, 9.17) is 26.4 Å². The van der Waals surface area contributed by atoms with Crippen LogP contribution in [0.2, 0.25) is 0 Å². The third kappa shape index (κ3) is 6.10. The van der Waals surface area contributed by atoms with Crippen molar-refractivity contribution in [2.24, 2.45) is 0 Å². The minimum atomic E-state index is -0.478.